The van der Waals surface area contributed by atoms with Gasteiger partial charge in [0.2, 0.25) is 0 Å². The molecule has 2 unspecified atom stereocenters. The van der Waals surface area contributed by atoms with Gasteiger partial charge in [0, 0.05) is 12.3 Å². The molecule has 1 aliphatic carbocycles. The Morgan fingerprint density at radius 2 is 1.90 bits per heavy atom. The van der Waals surface area contributed by atoms with Gasteiger partial charge in [0.1, 0.15) is 0 Å². The fraction of sp³-hybridized carbons (Fsp3) is 0.333. The molecule has 204 valence electrons. The van der Waals surface area contributed by atoms with Crippen molar-refractivity contribution in [1.29, 1.82) is 5.41 Å². The Morgan fingerprint density at radius 3 is 2.62 bits per heavy atom. The molecule has 1 aliphatic rings. The summed E-state index contributed by atoms with van der Waals surface area (Å²) in [4.78, 5) is 4.77. The normalized spacial score (nSPS) is 18.0. The number of aliphatic imine (C=N–C) groups is 1. The molecule has 0 amide bonds. The van der Waals surface area contributed by atoms with Crippen molar-refractivity contribution in [2.75, 3.05) is 6.54 Å². The van der Waals surface area contributed by atoms with Gasteiger partial charge in [-0.3, -0.25) is 0 Å². The van der Waals surface area contributed by atoms with Crippen molar-refractivity contribution >= 4 is 23.3 Å². The number of hydrogen-bond donors (Lipinski definition) is 2. The molecule has 39 heavy (non-hydrogen) atoms. The Bertz CT molecular complexity index is 1270. The monoisotopic (exact) mass is 519 g/mol. The molecule has 0 aromatic heterocycles. The lowest BCUT2D eigenvalue weighted by atomic mass is 9.96. The molecule has 3 nitrogen and oxygen atoms in total. The van der Waals surface area contributed by atoms with Gasteiger partial charge in [-0.15, -0.1) is 0 Å². The molecule has 2 aromatic carbocycles. The smallest absolute Gasteiger partial charge is 0.0886 e. The number of hydrogen-bond acceptors (Lipinski definition) is 2. The second kappa shape index (κ2) is 15.6. The molecule has 0 heterocycles. The zero-order chi connectivity index (χ0) is 28.0. The van der Waals surface area contributed by atoms with E-state index in [-0.39, 0.29) is 0 Å². The number of nitrogens with zero attached hydrogens (tertiary/aromatic N) is 1. The first-order valence-corrected chi connectivity index (χ1v) is 14.3. The van der Waals surface area contributed by atoms with E-state index in [2.05, 4.69) is 105 Å². The van der Waals surface area contributed by atoms with E-state index in [9.17, 15) is 0 Å². The molecule has 2 atom stereocenters. The maximum Gasteiger partial charge on any atom is 0.0886 e. The van der Waals surface area contributed by atoms with Gasteiger partial charge in [-0.1, -0.05) is 104 Å². The summed E-state index contributed by atoms with van der Waals surface area (Å²) < 4.78 is 0. The molecule has 0 bridgehead atoms. The maximum atomic E-state index is 7.98. The molecule has 2 aromatic rings. The fourth-order valence-electron chi connectivity index (χ4n) is 4.86. The van der Waals surface area contributed by atoms with E-state index in [4.69, 9.17) is 10.4 Å². The summed E-state index contributed by atoms with van der Waals surface area (Å²) in [5, 5.41) is 11.3. The van der Waals surface area contributed by atoms with Crippen LogP contribution >= 0.6 is 0 Å². The highest BCUT2D eigenvalue weighted by molar-refractivity contribution is 5.97. The highest BCUT2D eigenvalue weighted by atomic mass is 14.9. The van der Waals surface area contributed by atoms with Crippen LogP contribution in [0.1, 0.15) is 76.1 Å². The van der Waals surface area contributed by atoms with Crippen molar-refractivity contribution in [3.05, 3.63) is 119 Å². The second-order valence-corrected chi connectivity index (χ2v) is 10.5. The van der Waals surface area contributed by atoms with E-state index in [0.717, 1.165) is 49.1 Å². The summed E-state index contributed by atoms with van der Waals surface area (Å²) in [6.45, 7) is 11.4. The van der Waals surface area contributed by atoms with E-state index in [1.54, 1.807) is 0 Å². The zero-order valence-electron chi connectivity index (χ0n) is 24.4. The third kappa shape index (κ3) is 9.21. The summed E-state index contributed by atoms with van der Waals surface area (Å²) in [5.41, 5.74) is 9.34. The van der Waals surface area contributed by atoms with Crippen LogP contribution in [-0.4, -0.2) is 18.6 Å². The Kier molecular flexibility index (Phi) is 12.0. The highest BCUT2D eigenvalue weighted by Gasteiger charge is 2.25. The van der Waals surface area contributed by atoms with Crippen molar-refractivity contribution in [1.82, 2.24) is 5.32 Å². The van der Waals surface area contributed by atoms with Crippen LogP contribution < -0.4 is 5.32 Å². The molecule has 0 radical (unpaired) electrons. The van der Waals surface area contributed by atoms with Crippen LogP contribution in [0.5, 0.6) is 0 Å². The third-order valence-electron chi connectivity index (χ3n) is 7.22. The Morgan fingerprint density at radius 1 is 1.10 bits per heavy atom. The van der Waals surface area contributed by atoms with E-state index in [1.165, 1.54) is 22.3 Å². The van der Waals surface area contributed by atoms with Crippen LogP contribution in [0.2, 0.25) is 0 Å². The van der Waals surface area contributed by atoms with Crippen LogP contribution in [0, 0.1) is 17.2 Å². The summed E-state index contributed by atoms with van der Waals surface area (Å²) in [6.07, 6.45) is 21.2. The minimum atomic E-state index is 0.431. The van der Waals surface area contributed by atoms with Crippen molar-refractivity contribution in [2.45, 2.75) is 60.3 Å². The number of nitrogens with one attached hydrogen (secondary N) is 2. The molecule has 0 saturated heterocycles. The van der Waals surface area contributed by atoms with E-state index < -0.39 is 0 Å². The summed E-state index contributed by atoms with van der Waals surface area (Å²) >= 11 is 0. The molecule has 0 saturated carbocycles. The van der Waals surface area contributed by atoms with Gasteiger partial charge in [0.05, 0.1) is 12.0 Å². The first kappa shape index (κ1) is 29.8. The minimum Gasteiger partial charge on any atom is -0.375 e. The SMILES string of the molecule is C/C=C\C=C/C(C)CN/C=N\C(=C/CC/C(C)=C/C=C1/c2ccc(C(C)=N)cc2CC1CC)c1ccccc1. The molecular formula is C36H45N3. The molecule has 3 rings (SSSR count). The predicted molar refractivity (Wildman–Crippen MR) is 171 cm³/mol. The lowest BCUT2D eigenvalue weighted by Crippen LogP contribution is -2.18. The van der Waals surface area contributed by atoms with Crippen LogP contribution in [-0.2, 0) is 6.42 Å². The summed E-state index contributed by atoms with van der Waals surface area (Å²) in [6, 6.07) is 16.9. The average molecular weight is 520 g/mol. The summed E-state index contributed by atoms with van der Waals surface area (Å²) in [7, 11) is 0. The van der Waals surface area contributed by atoms with Crippen LogP contribution in [0.25, 0.3) is 11.3 Å². The molecule has 2 N–H and O–H groups in total. The third-order valence-corrected chi connectivity index (χ3v) is 7.22. The maximum absolute atomic E-state index is 7.98. The van der Waals surface area contributed by atoms with E-state index >= 15 is 0 Å². The molecular weight excluding hydrogens is 474 g/mol. The van der Waals surface area contributed by atoms with Crippen molar-refractivity contribution in [3.63, 3.8) is 0 Å². The van der Waals surface area contributed by atoms with Gasteiger partial charge < -0.3 is 10.7 Å². The second-order valence-electron chi connectivity index (χ2n) is 10.5. The standard InChI is InChI=1S/C36H45N3/c1-6-8-10-14-28(4)25-38-26-39-36(31-16-11-9-12-17-31)18-13-15-27(3)19-21-34-30(7-2)23-33-24-32(29(5)37)20-22-35(33)34/h6,8-12,14,16-22,24,26,28,30,37H,7,13,15,23,25H2,1-5H3,(H,38,39)/b8-6-,14-10-,27-19+,34-21+,36-18-,37-29?. The first-order valence-electron chi connectivity index (χ1n) is 14.3. The Labute approximate surface area is 236 Å². The minimum absolute atomic E-state index is 0.431. The molecule has 0 spiro atoms. The van der Waals surface area contributed by atoms with E-state index in [1.807, 2.05) is 32.3 Å². The first-order chi connectivity index (χ1) is 18.9. The number of rotatable bonds is 13. The largest absolute Gasteiger partial charge is 0.375 e. The van der Waals surface area contributed by atoms with Gasteiger partial charge in [-0.25, -0.2) is 4.99 Å². The molecule has 3 heteroatoms. The average Bonchev–Trinajstić information content (AvgIpc) is 3.30. The number of allylic oxidation sites excluding steroid dienone is 8. The molecule has 0 fully saturated rings. The van der Waals surface area contributed by atoms with Crippen LogP contribution in [0.15, 0.2) is 102 Å². The summed E-state index contributed by atoms with van der Waals surface area (Å²) in [5.74, 6) is 0.984. The van der Waals surface area contributed by atoms with Gasteiger partial charge >= 0.3 is 0 Å². The van der Waals surface area contributed by atoms with Crippen molar-refractivity contribution in [2.24, 2.45) is 16.8 Å². The van der Waals surface area contributed by atoms with Gasteiger partial charge in [-0.2, -0.15) is 0 Å². The predicted octanol–water partition coefficient (Wildman–Crippen LogP) is 9.19. The zero-order valence-corrected chi connectivity index (χ0v) is 24.4. The van der Waals surface area contributed by atoms with Gasteiger partial charge in [-0.05, 0) is 92.2 Å². The Balaban J connectivity index is 1.67. The highest BCUT2D eigenvalue weighted by Crippen LogP contribution is 2.39. The van der Waals surface area contributed by atoms with Gasteiger partial charge in [0.15, 0.2) is 0 Å². The quantitative estimate of drug-likeness (QED) is 0.155. The number of benzene rings is 2. The lowest BCUT2D eigenvalue weighted by molar-refractivity contribution is 0.668. The molecule has 0 aliphatic heterocycles. The van der Waals surface area contributed by atoms with Crippen LogP contribution in [0.3, 0.4) is 0 Å². The van der Waals surface area contributed by atoms with Gasteiger partial charge in [0.25, 0.3) is 0 Å². The lowest BCUT2D eigenvalue weighted by Gasteiger charge is -2.09. The van der Waals surface area contributed by atoms with E-state index in [0.29, 0.717) is 17.5 Å². The van der Waals surface area contributed by atoms with Crippen molar-refractivity contribution in [3.8, 4) is 0 Å². The number of fused-ring (bicyclic) bond motifs is 1. The topological polar surface area (TPSA) is 48.2 Å². The Hall–Kier alpha value is -3.72. The van der Waals surface area contributed by atoms with Crippen LogP contribution in [0.4, 0.5) is 0 Å². The van der Waals surface area contributed by atoms with Crippen molar-refractivity contribution < 1.29 is 0 Å². The fourth-order valence-corrected chi connectivity index (χ4v) is 4.86.